The molecule has 2 aromatic rings. The van der Waals surface area contributed by atoms with Crippen molar-refractivity contribution in [3.63, 3.8) is 0 Å². The number of halogens is 3. The largest absolute Gasteiger partial charge is 0.490 e. The SMILES string of the molecule is CCCCCCCCCCc1ccc(-c2noc(CC3CN(C(=N)N)C3)n2)cc1.O=C(O)C(F)(F)F. The van der Waals surface area contributed by atoms with Crippen LogP contribution in [0.4, 0.5) is 13.2 Å². The van der Waals surface area contributed by atoms with E-state index in [2.05, 4.69) is 41.3 Å². The smallest absolute Gasteiger partial charge is 0.475 e. The number of nitrogens with one attached hydrogen (secondary N) is 1. The van der Waals surface area contributed by atoms with Crippen LogP contribution in [0.5, 0.6) is 0 Å². The van der Waals surface area contributed by atoms with Crippen molar-refractivity contribution in [1.29, 1.82) is 5.41 Å². The Morgan fingerprint density at radius 1 is 1.11 bits per heavy atom. The van der Waals surface area contributed by atoms with E-state index in [9.17, 15) is 13.2 Å². The van der Waals surface area contributed by atoms with Crippen LogP contribution >= 0.6 is 0 Å². The summed E-state index contributed by atoms with van der Waals surface area (Å²) in [6.45, 7) is 3.85. The highest BCUT2D eigenvalue weighted by atomic mass is 19.4. The molecule has 1 saturated heterocycles. The monoisotopic (exact) mass is 511 g/mol. The summed E-state index contributed by atoms with van der Waals surface area (Å²) in [6.07, 6.45) is 7.62. The van der Waals surface area contributed by atoms with Gasteiger partial charge in [-0.15, -0.1) is 0 Å². The van der Waals surface area contributed by atoms with Crippen molar-refractivity contribution in [2.45, 2.75) is 77.3 Å². The lowest BCUT2D eigenvalue weighted by Crippen LogP contribution is -2.53. The van der Waals surface area contributed by atoms with Gasteiger partial charge in [-0.3, -0.25) is 5.41 Å². The van der Waals surface area contributed by atoms with Gasteiger partial charge in [0.15, 0.2) is 5.96 Å². The number of benzene rings is 1. The number of guanidine groups is 1. The van der Waals surface area contributed by atoms with Crippen LogP contribution in [0.2, 0.25) is 0 Å². The quantitative estimate of drug-likeness (QED) is 0.197. The molecule has 0 saturated carbocycles. The molecule has 1 aliphatic rings. The molecule has 0 spiro atoms. The molecule has 0 aliphatic carbocycles. The van der Waals surface area contributed by atoms with Crippen LogP contribution in [0.15, 0.2) is 28.8 Å². The molecular weight excluding hydrogens is 475 g/mol. The standard InChI is InChI=1S/C23H35N5O.C2HF3O2/c1-2-3-4-5-6-7-8-9-10-18-11-13-20(14-12-18)22-26-21(29-27-22)15-19-16-28(17-19)23(24)25;3-2(4,5)1(6)7/h11-14,19H,2-10,15-17H2,1H3,(H3,24,25);(H,6,7). The lowest BCUT2D eigenvalue weighted by molar-refractivity contribution is -0.192. The van der Waals surface area contributed by atoms with Crippen molar-refractivity contribution in [3.8, 4) is 11.4 Å². The number of hydrogen-bond acceptors (Lipinski definition) is 5. The second-order valence-corrected chi connectivity index (χ2v) is 9.10. The number of aliphatic carboxylic acids is 1. The Morgan fingerprint density at radius 2 is 1.67 bits per heavy atom. The van der Waals surface area contributed by atoms with Crippen LogP contribution in [-0.4, -0.2) is 51.3 Å². The number of carboxylic acids is 1. The first-order valence-corrected chi connectivity index (χ1v) is 12.4. The van der Waals surface area contributed by atoms with Gasteiger partial charge in [0.2, 0.25) is 11.7 Å². The highest BCUT2D eigenvalue weighted by Gasteiger charge is 2.38. The molecule has 1 fully saturated rings. The van der Waals surface area contributed by atoms with Crippen LogP contribution in [-0.2, 0) is 17.6 Å². The average molecular weight is 512 g/mol. The summed E-state index contributed by atoms with van der Waals surface area (Å²) in [7, 11) is 0. The fraction of sp³-hybridized carbons (Fsp3) is 0.600. The number of carbonyl (C=O) groups is 1. The summed E-state index contributed by atoms with van der Waals surface area (Å²) < 4.78 is 37.1. The first-order valence-electron chi connectivity index (χ1n) is 12.4. The Kier molecular flexibility index (Phi) is 11.7. The molecule has 1 aromatic heterocycles. The number of rotatable bonds is 12. The maximum Gasteiger partial charge on any atom is 0.490 e. The molecule has 3 rings (SSSR count). The molecule has 0 amide bonds. The van der Waals surface area contributed by atoms with Crippen LogP contribution in [0.1, 0.15) is 69.7 Å². The normalized spacial score (nSPS) is 13.6. The van der Waals surface area contributed by atoms with E-state index in [0.29, 0.717) is 17.6 Å². The fourth-order valence-corrected chi connectivity index (χ4v) is 3.88. The number of hydrogen-bond donors (Lipinski definition) is 3. The molecule has 11 heteroatoms. The Balaban J connectivity index is 0.000000572. The molecular formula is C25H36F3N5O3. The van der Waals surface area contributed by atoms with Gasteiger partial charge in [0, 0.05) is 31.0 Å². The highest BCUT2D eigenvalue weighted by molar-refractivity contribution is 5.75. The number of nitrogens with zero attached hydrogens (tertiary/aromatic N) is 3. The maximum absolute atomic E-state index is 10.6. The number of unbranched alkanes of at least 4 members (excludes halogenated alkanes) is 7. The van der Waals surface area contributed by atoms with E-state index in [1.807, 2.05) is 4.90 Å². The van der Waals surface area contributed by atoms with E-state index in [-0.39, 0.29) is 5.96 Å². The molecule has 36 heavy (non-hydrogen) atoms. The number of nitrogens with two attached hydrogens (primary N) is 1. The van der Waals surface area contributed by atoms with Gasteiger partial charge < -0.3 is 20.3 Å². The molecule has 0 radical (unpaired) electrons. The highest BCUT2D eigenvalue weighted by Crippen LogP contribution is 2.22. The lowest BCUT2D eigenvalue weighted by atomic mass is 9.97. The van der Waals surface area contributed by atoms with E-state index in [1.54, 1.807) is 0 Å². The third-order valence-corrected chi connectivity index (χ3v) is 6.00. The first kappa shape index (κ1) is 29.1. The van der Waals surface area contributed by atoms with Crippen LogP contribution in [0.3, 0.4) is 0 Å². The molecule has 1 aliphatic heterocycles. The zero-order valence-corrected chi connectivity index (χ0v) is 20.7. The summed E-state index contributed by atoms with van der Waals surface area (Å²) in [4.78, 5) is 15.3. The molecule has 4 N–H and O–H groups in total. The summed E-state index contributed by atoms with van der Waals surface area (Å²) >= 11 is 0. The van der Waals surface area contributed by atoms with Crippen molar-refractivity contribution in [2.24, 2.45) is 11.7 Å². The first-order chi connectivity index (χ1) is 17.1. The van der Waals surface area contributed by atoms with Gasteiger partial charge in [0.1, 0.15) is 0 Å². The number of likely N-dealkylation sites (tertiary alicyclic amines) is 1. The Labute approximate surface area is 209 Å². The second-order valence-electron chi connectivity index (χ2n) is 9.10. The van der Waals surface area contributed by atoms with Gasteiger partial charge in [-0.1, -0.05) is 81.3 Å². The number of alkyl halides is 3. The van der Waals surface area contributed by atoms with Gasteiger partial charge >= 0.3 is 12.1 Å². The summed E-state index contributed by atoms with van der Waals surface area (Å²) in [5.41, 5.74) is 7.85. The van der Waals surface area contributed by atoms with Crippen molar-refractivity contribution in [1.82, 2.24) is 15.0 Å². The number of aromatic nitrogens is 2. The third kappa shape index (κ3) is 10.2. The van der Waals surface area contributed by atoms with Gasteiger partial charge in [0.05, 0.1) is 0 Å². The topological polar surface area (TPSA) is 129 Å². The predicted octanol–water partition coefficient (Wildman–Crippen LogP) is 5.42. The maximum atomic E-state index is 10.6. The van der Waals surface area contributed by atoms with E-state index >= 15 is 0 Å². The van der Waals surface area contributed by atoms with Crippen LogP contribution < -0.4 is 5.73 Å². The minimum absolute atomic E-state index is 0.138. The predicted molar refractivity (Wildman–Crippen MR) is 130 cm³/mol. The van der Waals surface area contributed by atoms with Gasteiger partial charge in [-0.05, 0) is 18.4 Å². The van der Waals surface area contributed by atoms with Crippen LogP contribution in [0, 0.1) is 11.3 Å². The second kappa shape index (κ2) is 14.4. The molecule has 8 nitrogen and oxygen atoms in total. The summed E-state index contributed by atoms with van der Waals surface area (Å²) in [6, 6.07) is 8.55. The van der Waals surface area contributed by atoms with Crippen LogP contribution in [0.25, 0.3) is 11.4 Å². The fourth-order valence-electron chi connectivity index (χ4n) is 3.88. The molecule has 0 unspecified atom stereocenters. The minimum atomic E-state index is -5.08. The van der Waals surface area contributed by atoms with E-state index in [0.717, 1.165) is 31.5 Å². The Morgan fingerprint density at radius 3 is 2.19 bits per heavy atom. The zero-order valence-electron chi connectivity index (χ0n) is 20.7. The van der Waals surface area contributed by atoms with Gasteiger partial charge in [-0.2, -0.15) is 18.2 Å². The van der Waals surface area contributed by atoms with Crippen molar-refractivity contribution >= 4 is 11.9 Å². The average Bonchev–Trinajstić information content (AvgIpc) is 3.26. The minimum Gasteiger partial charge on any atom is -0.475 e. The van der Waals surface area contributed by atoms with Crippen molar-refractivity contribution in [3.05, 3.63) is 35.7 Å². The Hall–Kier alpha value is -3.11. The van der Waals surface area contributed by atoms with E-state index in [4.69, 9.17) is 25.6 Å². The number of carboxylic acid groups (broad SMARTS) is 1. The van der Waals surface area contributed by atoms with Crippen molar-refractivity contribution in [2.75, 3.05) is 13.1 Å². The van der Waals surface area contributed by atoms with Crippen molar-refractivity contribution < 1.29 is 27.6 Å². The third-order valence-electron chi connectivity index (χ3n) is 6.00. The summed E-state index contributed by atoms with van der Waals surface area (Å²) in [5, 5.41) is 18.7. The van der Waals surface area contributed by atoms with Gasteiger partial charge in [0.25, 0.3) is 0 Å². The molecule has 1 aromatic carbocycles. The lowest BCUT2D eigenvalue weighted by Gasteiger charge is -2.38. The number of aryl methyl sites for hydroxylation is 1. The van der Waals surface area contributed by atoms with E-state index < -0.39 is 12.1 Å². The molecule has 2 heterocycles. The molecule has 200 valence electrons. The molecule has 0 bridgehead atoms. The zero-order chi connectivity index (χ0) is 26.6. The Bertz CT molecular complexity index is 941. The van der Waals surface area contributed by atoms with E-state index in [1.165, 1.54) is 56.9 Å². The van der Waals surface area contributed by atoms with Gasteiger partial charge in [-0.25, -0.2) is 4.79 Å². The molecule has 0 atom stereocenters. The summed E-state index contributed by atoms with van der Waals surface area (Å²) in [5.74, 6) is -0.870.